The minimum absolute atomic E-state index is 0.0804. The Hall–Kier alpha value is -1.80. The van der Waals surface area contributed by atoms with Crippen LogP contribution in [0.2, 0.25) is 0 Å². The highest BCUT2D eigenvalue weighted by Crippen LogP contribution is 2.25. The molecule has 1 aromatic carbocycles. The molecule has 1 rings (SSSR count). The molecule has 0 bridgehead atoms. The number of nitriles is 1. The molecule has 0 spiro atoms. The number of para-hydroxylation sites is 2. The predicted octanol–water partition coefficient (Wildman–Crippen LogP) is 2.10. The maximum absolute atomic E-state index is 10.6. The normalized spacial score (nSPS) is 11.5. The van der Waals surface area contributed by atoms with E-state index in [-0.39, 0.29) is 18.0 Å². The van der Waals surface area contributed by atoms with Crippen molar-refractivity contribution in [2.75, 3.05) is 6.61 Å². The monoisotopic (exact) mass is 226 g/mol. The molecular weight excluding hydrogens is 220 g/mol. The third-order valence-corrected chi connectivity index (χ3v) is 1.81. The maximum Gasteiger partial charge on any atom is 0.310 e. The van der Waals surface area contributed by atoms with E-state index in [1.54, 1.807) is 12.1 Å². The van der Waals surface area contributed by atoms with Crippen molar-refractivity contribution >= 4 is 17.3 Å². The zero-order valence-electron chi connectivity index (χ0n) is 7.59. The molecule has 0 aliphatic carbocycles. The first kappa shape index (κ1) is 11.3. The molecule has 0 N–H and O–H groups in total. The van der Waals surface area contributed by atoms with Crippen molar-refractivity contribution in [2.24, 2.45) is 0 Å². The van der Waals surface area contributed by atoms with Gasteiger partial charge in [0.2, 0.25) is 0 Å². The number of nitro benzene ring substituents is 1. The summed E-state index contributed by atoms with van der Waals surface area (Å²) in [5.74, 6) is 0.114. The van der Waals surface area contributed by atoms with Crippen molar-refractivity contribution in [1.29, 1.82) is 5.26 Å². The van der Waals surface area contributed by atoms with Gasteiger partial charge >= 0.3 is 5.69 Å². The van der Waals surface area contributed by atoms with Crippen LogP contribution in [-0.4, -0.2) is 16.9 Å². The van der Waals surface area contributed by atoms with E-state index in [9.17, 15) is 10.1 Å². The Bertz CT molecular complexity index is 403. The summed E-state index contributed by atoms with van der Waals surface area (Å²) in [6, 6.07) is 7.68. The van der Waals surface area contributed by atoms with Gasteiger partial charge in [0, 0.05) is 6.07 Å². The maximum atomic E-state index is 10.6. The van der Waals surface area contributed by atoms with Gasteiger partial charge in [-0.05, 0) is 6.07 Å². The average molecular weight is 227 g/mol. The second-order valence-electron chi connectivity index (χ2n) is 2.63. The molecule has 1 atom stereocenters. The molecule has 0 fully saturated rings. The number of ether oxygens (including phenoxy) is 1. The number of alkyl halides is 1. The van der Waals surface area contributed by atoms with Crippen molar-refractivity contribution in [2.45, 2.75) is 5.38 Å². The van der Waals surface area contributed by atoms with Gasteiger partial charge in [-0.15, -0.1) is 11.6 Å². The van der Waals surface area contributed by atoms with Crippen LogP contribution in [-0.2, 0) is 0 Å². The fourth-order valence-corrected chi connectivity index (χ4v) is 0.993. The lowest BCUT2D eigenvalue weighted by atomic mass is 10.3. The first-order valence-electron chi connectivity index (χ1n) is 4.05. The Morgan fingerprint density at radius 1 is 1.60 bits per heavy atom. The van der Waals surface area contributed by atoms with E-state index < -0.39 is 10.3 Å². The third-order valence-electron chi connectivity index (χ3n) is 1.59. The zero-order valence-corrected chi connectivity index (χ0v) is 8.35. The van der Waals surface area contributed by atoms with Crippen molar-refractivity contribution in [1.82, 2.24) is 0 Å². The van der Waals surface area contributed by atoms with Gasteiger partial charge in [-0.3, -0.25) is 10.1 Å². The summed E-state index contributed by atoms with van der Waals surface area (Å²) >= 11 is 5.49. The number of hydrogen-bond acceptors (Lipinski definition) is 4. The van der Waals surface area contributed by atoms with Gasteiger partial charge in [-0.2, -0.15) is 5.26 Å². The molecule has 15 heavy (non-hydrogen) atoms. The molecule has 1 aromatic rings. The minimum atomic E-state index is -0.815. The van der Waals surface area contributed by atoms with Gasteiger partial charge in [0.15, 0.2) is 11.1 Å². The van der Waals surface area contributed by atoms with Crippen molar-refractivity contribution < 1.29 is 9.66 Å². The predicted molar refractivity (Wildman–Crippen MR) is 53.8 cm³/mol. The summed E-state index contributed by atoms with van der Waals surface area (Å²) < 4.78 is 5.06. The second-order valence-corrected chi connectivity index (χ2v) is 3.16. The lowest BCUT2D eigenvalue weighted by molar-refractivity contribution is -0.385. The number of benzene rings is 1. The molecule has 0 aliphatic rings. The van der Waals surface area contributed by atoms with E-state index in [2.05, 4.69) is 0 Å². The quantitative estimate of drug-likeness (QED) is 0.448. The third kappa shape index (κ3) is 3.11. The lowest BCUT2D eigenvalue weighted by Gasteiger charge is -2.05. The Kier molecular flexibility index (Phi) is 3.89. The van der Waals surface area contributed by atoms with E-state index in [0.717, 1.165) is 0 Å². The average Bonchev–Trinajstić information content (AvgIpc) is 2.26. The molecular formula is C9H7ClN2O3. The van der Waals surface area contributed by atoms with Gasteiger partial charge in [0.25, 0.3) is 0 Å². The van der Waals surface area contributed by atoms with E-state index >= 15 is 0 Å². The molecule has 5 nitrogen and oxygen atoms in total. The highest BCUT2D eigenvalue weighted by molar-refractivity contribution is 6.22. The molecule has 78 valence electrons. The Morgan fingerprint density at radius 3 is 2.87 bits per heavy atom. The van der Waals surface area contributed by atoms with Gasteiger partial charge in [-0.25, -0.2) is 0 Å². The first-order valence-corrected chi connectivity index (χ1v) is 4.48. The Labute approximate surface area is 91.0 Å². The van der Waals surface area contributed by atoms with Gasteiger partial charge in [-0.1, -0.05) is 12.1 Å². The van der Waals surface area contributed by atoms with Crippen LogP contribution in [0.25, 0.3) is 0 Å². The van der Waals surface area contributed by atoms with Gasteiger partial charge in [0.1, 0.15) is 6.61 Å². The summed E-state index contributed by atoms with van der Waals surface area (Å²) in [5, 5.41) is 18.1. The van der Waals surface area contributed by atoms with Crippen LogP contribution in [0.3, 0.4) is 0 Å². The van der Waals surface area contributed by atoms with Crippen LogP contribution in [0.5, 0.6) is 5.75 Å². The van der Waals surface area contributed by atoms with Crippen LogP contribution in [0, 0.1) is 21.4 Å². The summed E-state index contributed by atoms with van der Waals surface area (Å²) in [6.07, 6.45) is 0. The SMILES string of the molecule is N#CC(Cl)COc1ccccc1[N+](=O)[O-]. The molecule has 0 aliphatic heterocycles. The van der Waals surface area contributed by atoms with Crippen LogP contribution in [0.1, 0.15) is 0 Å². The van der Waals surface area contributed by atoms with E-state index in [1.807, 2.05) is 0 Å². The standard InChI is InChI=1S/C9H7ClN2O3/c10-7(5-11)6-15-9-4-2-1-3-8(9)12(13)14/h1-4,7H,6H2. The summed E-state index contributed by atoms with van der Waals surface area (Å²) in [6.45, 7) is -0.0804. The van der Waals surface area contributed by atoms with Crippen LogP contribution < -0.4 is 4.74 Å². The zero-order chi connectivity index (χ0) is 11.3. The topological polar surface area (TPSA) is 76.2 Å². The number of rotatable bonds is 4. The first-order chi connectivity index (χ1) is 7.15. The molecule has 0 saturated heterocycles. The van der Waals surface area contributed by atoms with Crippen LogP contribution >= 0.6 is 11.6 Å². The van der Waals surface area contributed by atoms with E-state index in [0.29, 0.717) is 0 Å². The highest BCUT2D eigenvalue weighted by atomic mass is 35.5. The van der Waals surface area contributed by atoms with Crippen LogP contribution in [0.4, 0.5) is 5.69 Å². The molecule has 0 aromatic heterocycles. The number of nitrogens with zero attached hydrogens (tertiary/aromatic N) is 2. The fraction of sp³-hybridized carbons (Fsp3) is 0.222. The van der Waals surface area contributed by atoms with Crippen molar-refractivity contribution in [3.63, 3.8) is 0 Å². The van der Waals surface area contributed by atoms with Gasteiger partial charge in [0.05, 0.1) is 11.0 Å². The van der Waals surface area contributed by atoms with Gasteiger partial charge < -0.3 is 4.74 Å². The summed E-state index contributed by atoms with van der Waals surface area (Å²) in [5.41, 5.74) is -0.140. The second kappa shape index (κ2) is 5.17. The summed E-state index contributed by atoms with van der Waals surface area (Å²) in [7, 11) is 0. The Morgan fingerprint density at radius 2 is 2.27 bits per heavy atom. The molecule has 6 heteroatoms. The van der Waals surface area contributed by atoms with Crippen molar-refractivity contribution in [3.05, 3.63) is 34.4 Å². The van der Waals surface area contributed by atoms with E-state index in [1.165, 1.54) is 18.2 Å². The molecule has 0 radical (unpaired) electrons. The molecule has 0 heterocycles. The highest BCUT2D eigenvalue weighted by Gasteiger charge is 2.14. The van der Waals surface area contributed by atoms with E-state index in [4.69, 9.17) is 21.6 Å². The molecule has 1 unspecified atom stereocenters. The van der Waals surface area contributed by atoms with Crippen LogP contribution in [0.15, 0.2) is 24.3 Å². The fourth-order valence-electron chi connectivity index (χ4n) is 0.930. The number of nitro groups is 1. The minimum Gasteiger partial charge on any atom is -0.484 e. The summed E-state index contributed by atoms with van der Waals surface area (Å²) in [4.78, 5) is 10.0. The lowest BCUT2D eigenvalue weighted by Crippen LogP contribution is -2.10. The number of hydrogen-bond donors (Lipinski definition) is 0. The molecule has 0 amide bonds. The van der Waals surface area contributed by atoms with Crippen molar-refractivity contribution in [3.8, 4) is 11.8 Å². The number of halogens is 1. The Balaban J connectivity index is 2.77. The smallest absolute Gasteiger partial charge is 0.310 e. The largest absolute Gasteiger partial charge is 0.484 e. The molecule has 0 saturated carbocycles.